The molecule has 1 aliphatic carbocycles. The summed E-state index contributed by atoms with van der Waals surface area (Å²) in [6.07, 6.45) is 5.06. The van der Waals surface area contributed by atoms with Crippen molar-refractivity contribution in [3.63, 3.8) is 0 Å². The van der Waals surface area contributed by atoms with Crippen LogP contribution in [-0.4, -0.2) is 0 Å². The second kappa shape index (κ2) is 2.93. The topological polar surface area (TPSA) is 0 Å². The third kappa shape index (κ3) is 1.26. The first-order valence-corrected chi connectivity index (χ1v) is 4.72. The standard InChI is InChI=1S/C12H15/c1-2-8-12(9-10-12)11-6-4-3-5-7-11/h3-7H,1-2,8-10H2. The van der Waals surface area contributed by atoms with Crippen molar-refractivity contribution in [3.05, 3.63) is 42.8 Å². The van der Waals surface area contributed by atoms with Gasteiger partial charge in [-0.25, -0.2) is 0 Å². The van der Waals surface area contributed by atoms with Gasteiger partial charge in [-0.3, -0.25) is 0 Å². The Labute approximate surface area is 74.6 Å². The van der Waals surface area contributed by atoms with Crippen LogP contribution in [0.4, 0.5) is 0 Å². The van der Waals surface area contributed by atoms with Crippen molar-refractivity contribution in [2.45, 2.75) is 31.1 Å². The lowest BCUT2D eigenvalue weighted by Crippen LogP contribution is -2.04. The van der Waals surface area contributed by atoms with Gasteiger partial charge in [0.25, 0.3) is 0 Å². The van der Waals surface area contributed by atoms with E-state index in [1.165, 1.54) is 24.8 Å². The lowest BCUT2D eigenvalue weighted by atomic mass is 9.91. The molecular weight excluding hydrogens is 144 g/mol. The van der Waals surface area contributed by atoms with Crippen molar-refractivity contribution in [1.82, 2.24) is 0 Å². The van der Waals surface area contributed by atoms with Gasteiger partial charge in [0.05, 0.1) is 0 Å². The van der Waals surface area contributed by atoms with E-state index >= 15 is 0 Å². The van der Waals surface area contributed by atoms with Crippen molar-refractivity contribution in [1.29, 1.82) is 0 Å². The van der Waals surface area contributed by atoms with E-state index < -0.39 is 0 Å². The third-order valence-electron chi connectivity index (χ3n) is 2.90. The second-order valence-corrected chi connectivity index (χ2v) is 3.75. The van der Waals surface area contributed by atoms with Crippen LogP contribution in [0.25, 0.3) is 0 Å². The fourth-order valence-electron chi connectivity index (χ4n) is 1.96. The third-order valence-corrected chi connectivity index (χ3v) is 2.90. The molecule has 1 radical (unpaired) electrons. The maximum absolute atomic E-state index is 3.94. The molecule has 0 nitrogen and oxygen atoms in total. The fraction of sp³-hybridized carbons (Fsp3) is 0.417. The summed E-state index contributed by atoms with van der Waals surface area (Å²) in [5.41, 5.74) is 2.05. The molecule has 1 aromatic carbocycles. The average molecular weight is 159 g/mol. The van der Waals surface area contributed by atoms with Crippen LogP contribution in [0.1, 0.15) is 31.2 Å². The van der Waals surface area contributed by atoms with E-state index in [1.807, 2.05) is 0 Å². The Kier molecular flexibility index (Phi) is 1.92. The number of rotatable bonds is 3. The van der Waals surface area contributed by atoms with E-state index in [-0.39, 0.29) is 0 Å². The highest BCUT2D eigenvalue weighted by Crippen LogP contribution is 2.51. The number of hydrogen-bond acceptors (Lipinski definition) is 0. The van der Waals surface area contributed by atoms with Gasteiger partial charge >= 0.3 is 0 Å². The maximum atomic E-state index is 3.94. The second-order valence-electron chi connectivity index (χ2n) is 3.75. The molecule has 0 heteroatoms. The highest BCUT2D eigenvalue weighted by atomic mass is 14.5. The van der Waals surface area contributed by atoms with Crippen LogP contribution in [0.3, 0.4) is 0 Å². The van der Waals surface area contributed by atoms with Crippen LogP contribution >= 0.6 is 0 Å². The molecule has 0 aromatic heterocycles. The van der Waals surface area contributed by atoms with Crippen molar-refractivity contribution in [3.8, 4) is 0 Å². The van der Waals surface area contributed by atoms with Crippen LogP contribution in [0.2, 0.25) is 0 Å². The molecule has 0 aliphatic heterocycles. The number of hydrogen-bond donors (Lipinski definition) is 0. The monoisotopic (exact) mass is 159 g/mol. The average Bonchev–Trinajstić information content (AvgIpc) is 2.88. The Bertz CT molecular complexity index is 244. The first-order valence-electron chi connectivity index (χ1n) is 4.72. The zero-order valence-corrected chi connectivity index (χ0v) is 7.42. The Morgan fingerprint density at radius 1 is 1.17 bits per heavy atom. The minimum absolute atomic E-state index is 0.531. The largest absolute Gasteiger partial charge is 0.0622 e. The van der Waals surface area contributed by atoms with Crippen molar-refractivity contribution < 1.29 is 0 Å². The smallest absolute Gasteiger partial charge is 0.00463 e. The van der Waals surface area contributed by atoms with Gasteiger partial charge in [0.1, 0.15) is 0 Å². The summed E-state index contributed by atoms with van der Waals surface area (Å²) in [6, 6.07) is 10.9. The summed E-state index contributed by atoms with van der Waals surface area (Å²) in [4.78, 5) is 0. The van der Waals surface area contributed by atoms with Crippen LogP contribution in [0.15, 0.2) is 30.3 Å². The summed E-state index contributed by atoms with van der Waals surface area (Å²) in [5, 5.41) is 0. The Hall–Kier alpha value is -0.780. The lowest BCUT2D eigenvalue weighted by molar-refractivity contribution is 0.626. The molecule has 1 saturated carbocycles. The minimum atomic E-state index is 0.531. The molecule has 0 N–H and O–H groups in total. The van der Waals surface area contributed by atoms with Crippen LogP contribution in [-0.2, 0) is 5.41 Å². The van der Waals surface area contributed by atoms with Crippen LogP contribution in [0, 0.1) is 6.92 Å². The molecular formula is C12H15. The summed E-state index contributed by atoms with van der Waals surface area (Å²) >= 11 is 0. The Morgan fingerprint density at radius 2 is 1.83 bits per heavy atom. The van der Waals surface area contributed by atoms with Gasteiger partial charge in [0, 0.05) is 0 Å². The molecule has 1 fully saturated rings. The molecule has 0 unspecified atom stereocenters. The van der Waals surface area contributed by atoms with E-state index in [0.29, 0.717) is 5.41 Å². The van der Waals surface area contributed by atoms with Gasteiger partial charge in [-0.15, -0.1) is 0 Å². The molecule has 2 rings (SSSR count). The molecule has 63 valence electrons. The molecule has 0 heterocycles. The highest BCUT2D eigenvalue weighted by molar-refractivity contribution is 5.30. The first-order chi connectivity index (χ1) is 5.87. The van der Waals surface area contributed by atoms with Gasteiger partial charge in [0.2, 0.25) is 0 Å². The highest BCUT2D eigenvalue weighted by Gasteiger charge is 2.42. The van der Waals surface area contributed by atoms with Crippen LogP contribution < -0.4 is 0 Å². The van der Waals surface area contributed by atoms with Gasteiger partial charge < -0.3 is 0 Å². The van der Waals surface area contributed by atoms with E-state index in [9.17, 15) is 0 Å². The van der Waals surface area contributed by atoms with Gasteiger partial charge in [-0.05, 0) is 30.2 Å². The van der Waals surface area contributed by atoms with Gasteiger partial charge in [-0.1, -0.05) is 43.7 Å². The SMILES string of the molecule is [CH2]CCC1(c2ccccc2)CC1. The van der Waals surface area contributed by atoms with Crippen molar-refractivity contribution in [2.24, 2.45) is 0 Å². The van der Waals surface area contributed by atoms with Crippen molar-refractivity contribution >= 4 is 0 Å². The normalized spacial score (nSPS) is 19.1. The number of benzene rings is 1. The van der Waals surface area contributed by atoms with E-state index in [2.05, 4.69) is 37.3 Å². The molecule has 1 aromatic rings. The van der Waals surface area contributed by atoms with E-state index in [4.69, 9.17) is 0 Å². The van der Waals surface area contributed by atoms with E-state index in [1.54, 1.807) is 0 Å². The molecule has 0 atom stereocenters. The molecule has 0 bridgehead atoms. The summed E-state index contributed by atoms with van der Waals surface area (Å²) in [7, 11) is 0. The molecule has 0 amide bonds. The predicted molar refractivity (Wildman–Crippen MR) is 51.9 cm³/mol. The maximum Gasteiger partial charge on any atom is -0.00463 e. The Balaban J connectivity index is 2.19. The zero-order chi connectivity index (χ0) is 8.44. The van der Waals surface area contributed by atoms with E-state index in [0.717, 1.165) is 6.42 Å². The van der Waals surface area contributed by atoms with Gasteiger partial charge in [0.15, 0.2) is 0 Å². The molecule has 0 spiro atoms. The fourth-order valence-corrected chi connectivity index (χ4v) is 1.96. The summed E-state index contributed by atoms with van der Waals surface area (Å²) < 4.78 is 0. The molecule has 0 saturated heterocycles. The predicted octanol–water partition coefficient (Wildman–Crippen LogP) is 3.33. The zero-order valence-electron chi connectivity index (χ0n) is 7.42. The minimum Gasteiger partial charge on any atom is -0.0622 e. The first kappa shape index (κ1) is 7.85. The summed E-state index contributed by atoms with van der Waals surface area (Å²) in [6.45, 7) is 3.94. The Morgan fingerprint density at radius 3 is 2.33 bits per heavy atom. The quantitative estimate of drug-likeness (QED) is 0.634. The van der Waals surface area contributed by atoms with Gasteiger partial charge in [-0.2, -0.15) is 0 Å². The van der Waals surface area contributed by atoms with Crippen LogP contribution in [0.5, 0.6) is 0 Å². The lowest BCUT2D eigenvalue weighted by Gasteiger charge is -2.13. The summed E-state index contributed by atoms with van der Waals surface area (Å²) in [5.74, 6) is 0. The molecule has 1 aliphatic rings. The molecule has 12 heavy (non-hydrogen) atoms. The van der Waals surface area contributed by atoms with Crippen molar-refractivity contribution in [2.75, 3.05) is 0 Å².